The van der Waals surface area contributed by atoms with Gasteiger partial charge in [-0.05, 0) is 30.9 Å². The third-order valence-electron chi connectivity index (χ3n) is 5.78. The van der Waals surface area contributed by atoms with Gasteiger partial charge in [0, 0.05) is 30.1 Å². The van der Waals surface area contributed by atoms with E-state index < -0.39 is 35.2 Å². The van der Waals surface area contributed by atoms with Crippen molar-refractivity contribution in [1.82, 2.24) is 14.8 Å². The first-order valence-corrected chi connectivity index (χ1v) is 11.9. The molecule has 0 saturated carbocycles. The van der Waals surface area contributed by atoms with Gasteiger partial charge in [-0.15, -0.1) is 11.3 Å². The molecule has 1 unspecified atom stereocenters. The Labute approximate surface area is 208 Å². The van der Waals surface area contributed by atoms with Gasteiger partial charge in [0.05, 0.1) is 17.1 Å². The van der Waals surface area contributed by atoms with E-state index in [-0.39, 0.29) is 32.8 Å². The van der Waals surface area contributed by atoms with Crippen LogP contribution in [-0.2, 0) is 27.8 Å². The molecule has 0 saturated heterocycles. The molecule has 3 aromatic heterocycles. The Morgan fingerprint density at radius 3 is 2.56 bits per heavy atom. The summed E-state index contributed by atoms with van der Waals surface area (Å²) >= 11 is 0.701. The molecule has 0 bridgehead atoms. The van der Waals surface area contributed by atoms with Crippen LogP contribution in [0, 0.1) is 6.92 Å². The zero-order valence-electron chi connectivity index (χ0n) is 20.3. The van der Waals surface area contributed by atoms with Crippen LogP contribution in [0.1, 0.15) is 66.3 Å². The minimum atomic E-state index is -4.69. The molecule has 1 aliphatic rings. The van der Waals surface area contributed by atoms with E-state index in [4.69, 9.17) is 10.6 Å². The molecule has 13 heteroatoms. The summed E-state index contributed by atoms with van der Waals surface area (Å²) in [6.45, 7) is 9.63. The van der Waals surface area contributed by atoms with Crippen LogP contribution in [0.5, 0.6) is 0 Å². The second-order valence-corrected chi connectivity index (χ2v) is 10.5. The Hall–Kier alpha value is -3.48. The fourth-order valence-corrected chi connectivity index (χ4v) is 4.98. The van der Waals surface area contributed by atoms with Gasteiger partial charge in [-0.2, -0.15) is 18.3 Å². The van der Waals surface area contributed by atoms with Crippen molar-refractivity contribution in [1.29, 1.82) is 0 Å². The number of nitrogens with two attached hydrogens (primary N) is 1. The summed E-state index contributed by atoms with van der Waals surface area (Å²) in [5.74, 6) is -1.51. The smallest absolute Gasteiger partial charge is 0.382 e. The average molecular weight is 523 g/mol. The number of thiophene rings is 1. The van der Waals surface area contributed by atoms with Gasteiger partial charge >= 0.3 is 6.18 Å². The molecule has 3 N–H and O–H groups in total. The number of alkyl halides is 3. The maximum absolute atomic E-state index is 13.5. The number of amides is 2. The van der Waals surface area contributed by atoms with Gasteiger partial charge in [-0.25, -0.2) is 4.98 Å². The third kappa shape index (κ3) is 4.66. The number of carbonyl (C=O) groups excluding carboxylic acids is 2. The molecule has 0 radical (unpaired) electrons. The summed E-state index contributed by atoms with van der Waals surface area (Å²) in [5, 5.41) is 11.3. The topological polar surface area (TPSA) is 124 Å². The average Bonchev–Trinajstić information content (AvgIpc) is 3.48. The minimum Gasteiger partial charge on any atom is -0.382 e. The number of hydrogen-bond acceptors (Lipinski definition) is 7. The molecule has 36 heavy (non-hydrogen) atoms. The first kappa shape index (κ1) is 25.6. The highest BCUT2D eigenvalue weighted by atomic mass is 32.1. The molecule has 1 aliphatic heterocycles. The van der Waals surface area contributed by atoms with E-state index in [0.717, 1.165) is 17.3 Å². The normalized spacial score (nSPS) is 16.2. The molecule has 0 aromatic carbocycles. The number of aryl methyl sites for hydroxylation is 2. The number of nitrogens with one attached hydrogen (secondary N) is 1. The fourth-order valence-electron chi connectivity index (χ4n) is 3.97. The number of aromatic nitrogens is 3. The number of fused-ring (bicyclic) bond motifs is 1. The Bertz CT molecular complexity index is 1400. The van der Waals surface area contributed by atoms with E-state index >= 15 is 0 Å². The van der Waals surface area contributed by atoms with Gasteiger partial charge < -0.3 is 15.9 Å². The molecule has 0 aliphatic carbocycles. The minimum absolute atomic E-state index is 0.0192. The standard InChI is InChI=1S/C23H25F3N6O3S/c1-6-32-9-11(10(2)30-32)13-8-14(35-31-13)20(34)29-17-16-12(22(3,4)5)7-15(23(24,25)26)28-21(16)36-18(17)19(27)33/h7,9,14H,6,8H2,1-5H3,(H2,27,33)(H,29,34). The first-order chi connectivity index (χ1) is 16.7. The number of carbonyl (C=O) groups is 2. The van der Waals surface area contributed by atoms with Crippen molar-refractivity contribution in [3.8, 4) is 0 Å². The van der Waals surface area contributed by atoms with E-state index in [1.165, 1.54) is 0 Å². The van der Waals surface area contributed by atoms with Gasteiger partial charge in [0.15, 0.2) is 0 Å². The fraction of sp³-hybridized carbons (Fsp3) is 0.435. The van der Waals surface area contributed by atoms with E-state index in [1.54, 1.807) is 25.5 Å². The number of nitrogens with zero attached hydrogens (tertiary/aromatic N) is 4. The predicted molar refractivity (Wildman–Crippen MR) is 129 cm³/mol. The first-order valence-electron chi connectivity index (χ1n) is 11.1. The SMILES string of the molecule is CCn1cc(C2=NOC(C(=O)Nc3c(C(N)=O)sc4nc(C(F)(F)F)cc(C(C)(C)C)c34)C2)c(C)n1. The van der Waals surface area contributed by atoms with Crippen molar-refractivity contribution < 1.29 is 27.6 Å². The highest BCUT2D eigenvalue weighted by molar-refractivity contribution is 7.21. The summed E-state index contributed by atoms with van der Waals surface area (Å²) in [4.78, 5) is 34.3. The van der Waals surface area contributed by atoms with Crippen molar-refractivity contribution >= 4 is 44.8 Å². The summed E-state index contributed by atoms with van der Waals surface area (Å²) in [6.07, 6.45) is -3.74. The summed E-state index contributed by atoms with van der Waals surface area (Å²) in [7, 11) is 0. The molecule has 0 fully saturated rings. The quantitative estimate of drug-likeness (QED) is 0.515. The van der Waals surface area contributed by atoms with E-state index in [0.29, 0.717) is 23.6 Å². The summed E-state index contributed by atoms with van der Waals surface area (Å²) in [6, 6.07) is 0.941. The monoisotopic (exact) mass is 522 g/mol. The highest BCUT2D eigenvalue weighted by Gasteiger charge is 2.37. The molecular weight excluding hydrogens is 497 g/mol. The number of oxime groups is 1. The van der Waals surface area contributed by atoms with Crippen LogP contribution < -0.4 is 11.1 Å². The number of anilines is 1. The van der Waals surface area contributed by atoms with Crippen LogP contribution >= 0.6 is 11.3 Å². The van der Waals surface area contributed by atoms with Crippen molar-refractivity contribution in [3.63, 3.8) is 0 Å². The van der Waals surface area contributed by atoms with Crippen molar-refractivity contribution in [2.24, 2.45) is 10.9 Å². The van der Waals surface area contributed by atoms with Gasteiger partial charge in [-0.1, -0.05) is 25.9 Å². The molecule has 4 heterocycles. The maximum Gasteiger partial charge on any atom is 0.433 e. The van der Waals surface area contributed by atoms with E-state index in [1.807, 2.05) is 20.0 Å². The molecule has 192 valence electrons. The number of primary amides is 1. The predicted octanol–water partition coefficient (Wildman–Crippen LogP) is 4.37. The van der Waals surface area contributed by atoms with Crippen LogP contribution in [0.15, 0.2) is 17.4 Å². The lowest BCUT2D eigenvalue weighted by atomic mass is 9.84. The number of rotatable bonds is 5. The Kier molecular flexibility index (Phi) is 6.31. The van der Waals surface area contributed by atoms with Crippen molar-refractivity contribution in [3.05, 3.63) is 39.7 Å². The zero-order valence-corrected chi connectivity index (χ0v) is 21.1. The number of hydrogen-bond donors (Lipinski definition) is 2. The van der Waals surface area contributed by atoms with E-state index in [9.17, 15) is 22.8 Å². The Balaban J connectivity index is 1.71. The van der Waals surface area contributed by atoms with Gasteiger partial charge in [0.25, 0.3) is 11.8 Å². The largest absolute Gasteiger partial charge is 0.433 e. The molecule has 9 nitrogen and oxygen atoms in total. The Morgan fingerprint density at radius 1 is 1.31 bits per heavy atom. The zero-order chi connectivity index (χ0) is 26.6. The van der Waals surface area contributed by atoms with Crippen LogP contribution in [0.3, 0.4) is 0 Å². The summed E-state index contributed by atoms with van der Waals surface area (Å²) < 4.78 is 42.4. The number of halogens is 3. The highest BCUT2D eigenvalue weighted by Crippen LogP contribution is 2.43. The van der Waals surface area contributed by atoms with Gasteiger partial charge in [-0.3, -0.25) is 14.3 Å². The summed E-state index contributed by atoms with van der Waals surface area (Å²) in [5.41, 5.74) is 6.00. The maximum atomic E-state index is 13.5. The van der Waals surface area contributed by atoms with Gasteiger partial charge in [0.1, 0.15) is 15.4 Å². The third-order valence-corrected chi connectivity index (χ3v) is 6.87. The molecule has 0 spiro atoms. The Morgan fingerprint density at radius 2 is 2.00 bits per heavy atom. The van der Waals surface area contributed by atoms with Crippen molar-refractivity contribution in [2.45, 2.75) is 65.3 Å². The van der Waals surface area contributed by atoms with Gasteiger partial charge in [0.2, 0.25) is 6.10 Å². The molecular formula is C23H25F3N6O3S. The molecule has 4 rings (SSSR count). The molecule has 3 aromatic rings. The van der Waals surface area contributed by atoms with Crippen LogP contribution in [0.25, 0.3) is 10.2 Å². The van der Waals surface area contributed by atoms with Crippen LogP contribution in [-0.4, -0.2) is 38.4 Å². The lowest BCUT2D eigenvalue weighted by Gasteiger charge is -2.22. The lowest BCUT2D eigenvalue weighted by molar-refractivity contribution is -0.141. The van der Waals surface area contributed by atoms with Crippen LogP contribution in [0.2, 0.25) is 0 Å². The second-order valence-electron chi connectivity index (χ2n) is 9.46. The molecule has 1 atom stereocenters. The molecule has 2 amide bonds. The van der Waals surface area contributed by atoms with E-state index in [2.05, 4.69) is 20.6 Å². The number of pyridine rings is 1. The van der Waals surface area contributed by atoms with Crippen molar-refractivity contribution in [2.75, 3.05) is 5.32 Å². The lowest BCUT2D eigenvalue weighted by Crippen LogP contribution is -2.29. The van der Waals surface area contributed by atoms with Crippen LogP contribution in [0.4, 0.5) is 18.9 Å². The second kappa shape index (κ2) is 8.87.